The number of rotatable bonds is 4. The van der Waals surface area contributed by atoms with Crippen LogP contribution >= 0.6 is 0 Å². The van der Waals surface area contributed by atoms with Gasteiger partial charge >= 0.3 is 6.03 Å². The topological polar surface area (TPSA) is 61.4 Å². The molecule has 1 spiro atoms. The van der Waals surface area contributed by atoms with Crippen molar-refractivity contribution in [3.8, 4) is 0 Å². The number of carbonyl (C=O) groups is 2. The van der Waals surface area contributed by atoms with Crippen molar-refractivity contribution in [2.75, 3.05) is 19.6 Å². The summed E-state index contributed by atoms with van der Waals surface area (Å²) in [6, 6.07) is 10.00. The molecule has 2 fully saturated rings. The van der Waals surface area contributed by atoms with E-state index in [1.807, 2.05) is 35.2 Å². The highest BCUT2D eigenvalue weighted by Gasteiger charge is 2.47. The Morgan fingerprint density at radius 1 is 1.12 bits per heavy atom. The van der Waals surface area contributed by atoms with Crippen molar-refractivity contribution in [3.05, 3.63) is 35.9 Å². The van der Waals surface area contributed by atoms with Crippen molar-refractivity contribution in [1.29, 1.82) is 0 Å². The van der Waals surface area contributed by atoms with Gasteiger partial charge in [0.25, 0.3) is 0 Å². The zero-order valence-electron chi connectivity index (χ0n) is 15.1. The van der Waals surface area contributed by atoms with Gasteiger partial charge in [0.1, 0.15) is 0 Å². The third kappa shape index (κ3) is 4.33. The second-order valence-corrected chi connectivity index (χ2v) is 7.58. The molecule has 1 saturated heterocycles. The molecule has 25 heavy (non-hydrogen) atoms. The van der Waals surface area contributed by atoms with E-state index in [2.05, 4.69) is 10.6 Å². The lowest BCUT2D eigenvalue weighted by Gasteiger charge is -2.38. The van der Waals surface area contributed by atoms with E-state index in [1.54, 1.807) is 6.92 Å². The summed E-state index contributed by atoms with van der Waals surface area (Å²) < 4.78 is 0. The van der Waals surface area contributed by atoms with Crippen LogP contribution in [0, 0.1) is 11.3 Å². The molecule has 3 amide bonds. The molecule has 3 rings (SSSR count). The molecule has 136 valence electrons. The predicted molar refractivity (Wildman–Crippen MR) is 97.9 cm³/mol. The Morgan fingerprint density at radius 3 is 2.52 bits per heavy atom. The third-order valence-corrected chi connectivity index (χ3v) is 5.83. The number of nitrogens with one attached hydrogen (secondary N) is 2. The molecule has 0 bridgehead atoms. The number of benzene rings is 1. The summed E-state index contributed by atoms with van der Waals surface area (Å²) in [4.78, 5) is 26.0. The van der Waals surface area contributed by atoms with Crippen LogP contribution in [0.1, 0.15) is 44.6 Å². The van der Waals surface area contributed by atoms with Crippen LogP contribution in [0.4, 0.5) is 4.79 Å². The van der Waals surface area contributed by atoms with Gasteiger partial charge in [0.15, 0.2) is 0 Å². The van der Waals surface area contributed by atoms with Gasteiger partial charge in [0, 0.05) is 39.0 Å². The van der Waals surface area contributed by atoms with Crippen LogP contribution in [0.15, 0.2) is 30.3 Å². The Bertz CT molecular complexity index is 596. The fraction of sp³-hybridized carbons (Fsp3) is 0.600. The van der Waals surface area contributed by atoms with E-state index < -0.39 is 0 Å². The number of hydrogen-bond acceptors (Lipinski definition) is 2. The SMILES string of the molecule is CC(=O)NCC1CN(C(=O)NCc2ccccc2)CC12CCCCC2. The number of likely N-dealkylation sites (tertiary alicyclic amines) is 1. The van der Waals surface area contributed by atoms with Gasteiger partial charge < -0.3 is 15.5 Å². The fourth-order valence-corrected chi connectivity index (χ4v) is 4.44. The van der Waals surface area contributed by atoms with Crippen molar-refractivity contribution in [3.63, 3.8) is 0 Å². The summed E-state index contributed by atoms with van der Waals surface area (Å²) >= 11 is 0. The molecule has 5 nitrogen and oxygen atoms in total. The summed E-state index contributed by atoms with van der Waals surface area (Å²) in [6.07, 6.45) is 6.08. The van der Waals surface area contributed by atoms with E-state index in [9.17, 15) is 9.59 Å². The number of amides is 3. The lowest BCUT2D eigenvalue weighted by molar-refractivity contribution is -0.119. The van der Waals surface area contributed by atoms with Crippen LogP contribution in [0.25, 0.3) is 0 Å². The van der Waals surface area contributed by atoms with Gasteiger partial charge in [0.05, 0.1) is 0 Å². The number of carbonyl (C=O) groups excluding carboxylic acids is 2. The summed E-state index contributed by atoms with van der Waals surface area (Å²) in [7, 11) is 0. The zero-order chi connectivity index (χ0) is 17.7. The maximum absolute atomic E-state index is 12.7. The van der Waals surface area contributed by atoms with Crippen LogP contribution in [-0.4, -0.2) is 36.5 Å². The van der Waals surface area contributed by atoms with Crippen LogP contribution in [0.5, 0.6) is 0 Å². The van der Waals surface area contributed by atoms with Gasteiger partial charge in [0.2, 0.25) is 5.91 Å². The minimum absolute atomic E-state index is 0.0120. The van der Waals surface area contributed by atoms with Crippen LogP contribution in [-0.2, 0) is 11.3 Å². The van der Waals surface area contributed by atoms with E-state index in [0.29, 0.717) is 19.0 Å². The van der Waals surface area contributed by atoms with E-state index in [4.69, 9.17) is 0 Å². The van der Waals surface area contributed by atoms with Crippen LogP contribution in [0.3, 0.4) is 0 Å². The van der Waals surface area contributed by atoms with Crippen molar-refractivity contribution < 1.29 is 9.59 Å². The van der Waals surface area contributed by atoms with Crippen molar-refractivity contribution in [1.82, 2.24) is 15.5 Å². The molecular weight excluding hydrogens is 314 g/mol. The molecule has 0 radical (unpaired) electrons. The lowest BCUT2D eigenvalue weighted by Crippen LogP contribution is -2.40. The number of nitrogens with zero attached hydrogens (tertiary/aromatic N) is 1. The first-order chi connectivity index (χ1) is 12.1. The molecule has 1 aromatic rings. The predicted octanol–water partition coefficient (Wildman–Crippen LogP) is 2.91. The van der Waals surface area contributed by atoms with E-state index in [1.165, 1.54) is 32.1 Å². The molecule has 2 aliphatic rings. The number of urea groups is 1. The highest BCUT2D eigenvalue weighted by Crippen LogP contribution is 2.47. The summed E-state index contributed by atoms with van der Waals surface area (Å²) in [5, 5.41) is 6.03. The second-order valence-electron chi connectivity index (χ2n) is 7.58. The van der Waals surface area contributed by atoms with Gasteiger partial charge in [-0.25, -0.2) is 4.79 Å². The van der Waals surface area contributed by atoms with Gasteiger partial charge in [-0.2, -0.15) is 0 Å². The largest absolute Gasteiger partial charge is 0.356 e. The minimum atomic E-state index is 0.0120. The lowest BCUT2D eigenvalue weighted by atomic mass is 9.68. The molecule has 1 unspecified atom stereocenters. The van der Waals surface area contributed by atoms with Gasteiger partial charge in [-0.3, -0.25) is 4.79 Å². The fourth-order valence-electron chi connectivity index (χ4n) is 4.44. The quantitative estimate of drug-likeness (QED) is 0.883. The molecule has 1 atom stereocenters. The Labute approximate surface area is 150 Å². The first-order valence-electron chi connectivity index (χ1n) is 9.40. The van der Waals surface area contributed by atoms with Crippen molar-refractivity contribution >= 4 is 11.9 Å². The van der Waals surface area contributed by atoms with Gasteiger partial charge in [-0.05, 0) is 23.8 Å². The van der Waals surface area contributed by atoms with E-state index >= 15 is 0 Å². The Hall–Kier alpha value is -2.04. The average Bonchev–Trinajstić information content (AvgIpc) is 2.97. The second kappa shape index (κ2) is 7.89. The third-order valence-electron chi connectivity index (χ3n) is 5.83. The molecule has 1 saturated carbocycles. The van der Waals surface area contributed by atoms with Crippen molar-refractivity contribution in [2.24, 2.45) is 11.3 Å². The average molecular weight is 343 g/mol. The zero-order valence-corrected chi connectivity index (χ0v) is 15.1. The molecular formula is C20H29N3O2. The molecule has 2 N–H and O–H groups in total. The normalized spacial score (nSPS) is 22.0. The summed E-state index contributed by atoms with van der Waals surface area (Å²) in [5.41, 5.74) is 1.29. The molecule has 1 aliphatic heterocycles. The van der Waals surface area contributed by atoms with Crippen molar-refractivity contribution in [2.45, 2.75) is 45.6 Å². The molecule has 1 aliphatic carbocycles. The van der Waals surface area contributed by atoms with Crippen LogP contribution in [0.2, 0.25) is 0 Å². The molecule has 5 heteroatoms. The summed E-state index contributed by atoms with van der Waals surface area (Å²) in [6.45, 7) is 4.35. The Kier molecular flexibility index (Phi) is 5.61. The van der Waals surface area contributed by atoms with E-state index in [-0.39, 0.29) is 17.4 Å². The highest BCUT2D eigenvalue weighted by atomic mass is 16.2. The number of hydrogen-bond donors (Lipinski definition) is 2. The summed E-state index contributed by atoms with van der Waals surface area (Å²) in [5.74, 6) is 0.372. The molecule has 1 aromatic carbocycles. The Morgan fingerprint density at radius 2 is 1.84 bits per heavy atom. The van der Waals surface area contributed by atoms with Gasteiger partial charge in [-0.1, -0.05) is 49.6 Å². The smallest absolute Gasteiger partial charge is 0.317 e. The first kappa shape index (κ1) is 17.8. The Balaban J connectivity index is 1.61. The van der Waals surface area contributed by atoms with Crippen LogP contribution < -0.4 is 10.6 Å². The maximum atomic E-state index is 12.7. The highest BCUT2D eigenvalue weighted by molar-refractivity contribution is 5.75. The standard InChI is InChI=1S/C20H29N3O2/c1-16(24)21-13-18-14-23(15-20(18)10-6-3-7-11-20)19(25)22-12-17-8-4-2-5-9-17/h2,4-5,8-9,18H,3,6-7,10-15H2,1H3,(H,21,24)(H,22,25). The molecule has 0 aromatic heterocycles. The maximum Gasteiger partial charge on any atom is 0.317 e. The monoisotopic (exact) mass is 343 g/mol. The molecule has 1 heterocycles. The van der Waals surface area contributed by atoms with Gasteiger partial charge in [-0.15, -0.1) is 0 Å². The minimum Gasteiger partial charge on any atom is -0.356 e. The van der Waals surface area contributed by atoms with E-state index in [0.717, 1.165) is 18.7 Å². The first-order valence-corrected chi connectivity index (χ1v) is 9.40.